The molecule has 0 saturated heterocycles. The van der Waals surface area contributed by atoms with Crippen LogP contribution in [0.5, 0.6) is 0 Å². The number of nitrogens with zero attached hydrogens (tertiary/aromatic N) is 1. The Labute approximate surface area is 142 Å². The maximum atomic E-state index is 12.2. The third-order valence-corrected chi connectivity index (χ3v) is 3.94. The number of primary amides is 1. The van der Waals surface area contributed by atoms with E-state index in [-0.39, 0.29) is 5.91 Å². The van der Waals surface area contributed by atoms with E-state index >= 15 is 0 Å². The molecule has 2 amide bonds. The lowest BCUT2D eigenvalue weighted by molar-refractivity contribution is 0.0951. The molecule has 0 atom stereocenters. The number of benzene rings is 2. The van der Waals surface area contributed by atoms with Gasteiger partial charge in [0.05, 0.1) is 0 Å². The summed E-state index contributed by atoms with van der Waals surface area (Å²) >= 11 is 0. The van der Waals surface area contributed by atoms with Gasteiger partial charge in [-0.3, -0.25) is 9.59 Å². The molecule has 24 heavy (non-hydrogen) atoms. The maximum absolute atomic E-state index is 12.2. The van der Waals surface area contributed by atoms with Crippen molar-refractivity contribution in [3.8, 4) is 0 Å². The van der Waals surface area contributed by atoms with Crippen LogP contribution in [0.25, 0.3) is 0 Å². The number of amides is 2. The van der Waals surface area contributed by atoms with Gasteiger partial charge in [0.15, 0.2) is 0 Å². The highest BCUT2D eigenvalue weighted by molar-refractivity contribution is 5.97. The molecule has 0 spiro atoms. The molecule has 5 heteroatoms. The van der Waals surface area contributed by atoms with Gasteiger partial charge >= 0.3 is 0 Å². The lowest BCUT2D eigenvalue weighted by atomic mass is 10.1. The van der Waals surface area contributed by atoms with Gasteiger partial charge in [-0.15, -0.1) is 0 Å². The molecule has 0 aliphatic carbocycles. The van der Waals surface area contributed by atoms with Crippen LogP contribution in [0.15, 0.2) is 48.5 Å². The molecular formula is C19H23N3O2. The maximum Gasteiger partial charge on any atom is 0.251 e. The normalized spacial score (nSPS) is 10.2. The quantitative estimate of drug-likeness (QED) is 0.820. The van der Waals surface area contributed by atoms with E-state index in [0.717, 1.165) is 13.1 Å². The molecule has 0 saturated carbocycles. The number of carbonyl (C=O) groups excluding carboxylic acids is 2. The Morgan fingerprint density at radius 3 is 2.25 bits per heavy atom. The average molecular weight is 325 g/mol. The van der Waals surface area contributed by atoms with Crippen LogP contribution in [0.3, 0.4) is 0 Å². The Balaban J connectivity index is 1.91. The number of nitrogens with one attached hydrogen (secondary N) is 1. The number of hydrogen-bond donors (Lipinski definition) is 2. The monoisotopic (exact) mass is 325 g/mol. The van der Waals surface area contributed by atoms with Gasteiger partial charge in [-0.05, 0) is 49.7 Å². The summed E-state index contributed by atoms with van der Waals surface area (Å²) in [5.74, 6) is -0.661. The highest BCUT2D eigenvalue weighted by Gasteiger charge is 2.09. The molecule has 3 N–H and O–H groups in total. The van der Waals surface area contributed by atoms with Crippen LogP contribution in [-0.2, 0) is 0 Å². The van der Waals surface area contributed by atoms with Gasteiger partial charge in [0.2, 0.25) is 5.91 Å². The first-order valence-corrected chi connectivity index (χ1v) is 8.01. The van der Waals surface area contributed by atoms with Crippen molar-refractivity contribution in [1.82, 2.24) is 5.32 Å². The molecule has 0 aromatic heterocycles. The van der Waals surface area contributed by atoms with Gasteiger partial charge < -0.3 is 16.0 Å². The van der Waals surface area contributed by atoms with Crippen molar-refractivity contribution in [3.63, 3.8) is 0 Å². The van der Waals surface area contributed by atoms with Crippen molar-refractivity contribution in [2.75, 3.05) is 24.5 Å². The SMILES string of the molecule is CCN(CCNC(=O)c1ccc(C(N)=O)cc1)c1ccccc1C. The number of hydrogen-bond acceptors (Lipinski definition) is 3. The molecule has 126 valence electrons. The molecule has 0 aliphatic heterocycles. The van der Waals surface area contributed by atoms with Crippen molar-refractivity contribution in [3.05, 3.63) is 65.2 Å². The third kappa shape index (κ3) is 4.35. The predicted octanol–water partition coefficient (Wildman–Crippen LogP) is 2.35. The number of likely N-dealkylation sites (N-methyl/N-ethyl adjacent to an activating group) is 1. The third-order valence-electron chi connectivity index (χ3n) is 3.94. The molecule has 2 aromatic rings. The first-order chi connectivity index (χ1) is 11.5. The van der Waals surface area contributed by atoms with Crippen LogP contribution < -0.4 is 16.0 Å². The minimum Gasteiger partial charge on any atom is -0.370 e. The number of anilines is 1. The zero-order valence-corrected chi connectivity index (χ0v) is 14.1. The van der Waals surface area contributed by atoms with Crippen molar-refractivity contribution < 1.29 is 9.59 Å². The average Bonchev–Trinajstić information content (AvgIpc) is 2.59. The summed E-state index contributed by atoms with van der Waals surface area (Å²) in [5.41, 5.74) is 8.49. The van der Waals surface area contributed by atoms with Crippen LogP contribution in [0.1, 0.15) is 33.2 Å². The number of nitrogens with two attached hydrogens (primary N) is 1. The van der Waals surface area contributed by atoms with Crippen molar-refractivity contribution in [2.24, 2.45) is 5.73 Å². The summed E-state index contributed by atoms with van der Waals surface area (Å²) in [6.07, 6.45) is 0. The standard InChI is InChI=1S/C19H23N3O2/c1-3-22(17-7-5-4-6-14(17)2)13-12-21-19(24)16-10-8-15(9-11-16)18(20)23/h4-11H,3,12-13H2,1-2H3,(H2,20,23)(H,21,24). The van der Waals surface area contributed by atoms with Crippen molar-refractivity contribution in [2.45, 2.75) is 13.8 Å². The van der Waals surface area contributed by atoms with Crippen LogP contribution in [0, 0.1) is 6.92 Å². The second kappa shape index (κ2) is 8.15. The second-order valence-corrected chi connectivity index (χ2v) is 5.56. The Morgan fingerprint density at radius 1 is 1.04 bits per heavy atom. The topological polar surface area (TPSA) is 75.4 Å². The largest absolute Gasteiger partial charge is 0.370 e. The number of carbonyl (C=O) groups is 2. The van der Waals surface area contributed by atoms with Crippen molar-refractivity contribution in [1.29, 1.82) is 0 Å². The van der Waals surface area contributed by atoms with E-state index in [4.69, 9.17) is 5.73 Å². The molecule has 0 unspecified atom stereocenters. The molecule has 0 aliphatic rings. The van der Waals surface area contributed by atoms with Crippen LogP contribution in [-0.4, -0.2) is 31.4 Å². The zero-order chi connectivity index (χ0) is 17.5. The van der Waals surface area contributed by atoms with Gasteiger partial charge in [-0.1, -0.05) is 18.2 Å². The van der Waals surface area contributed by atoms with Gasteiger partial charge in [-0.2, -0.15) is 0 Å². The minimum absolute atomic E-state index is 0.160. The molecule has 0 radical (unpaired) electrons. The lowest BCUT2D eigenvalue weighted by Crippen LogP contribution is -2.35. The summed E-state index contributed by atoms with van der Waals surface area (Å²) in [7, 11) is 0. The molecule has 0 fully saturated rings. The molecule has 0 heterocycles. The molecular weight excluding hydrogens is 302 g/mol. The van der Waals surface area contributed by atoms with E-state index in [9.17, 15) is 9.59 Å². The van der Waals surface area contributed by atoms with Crippen molar-refractivity contribution >= 4 is 17.5 Å². The minimum atomic E-state index is -0.501. The van der Waals surface area contributed by atoms with Gasteiger partial charge in [0.25, 0.3) is 5.91 Å². The summed E-state index contributed by atoms with van der Waals surface area (Å²) < 4.78 is 0. The lowest BCUT2D eigenvalue weighted by Gasteiger charge is -2.25. The Bertz CT molecular complexity index is 711. The van der Waals surface area contributed by atoms with Crippen LogP contribution in [0.4, 0.5) is 5.69 Å². The van der Waals surface area contributed by atoms with E-state index in [2.05, 4.69) is 36.2 Å². The van der Waals surface area contributed by atoms with E-state index in [1.54, 1.807) is 24.3 Å². The van der Waals surface area contributed by atoms with Crippen LogP contribution >= 0.6 is 0 Å². The second-order valence-electron chi connectivity index (χ2n) is 5.56. The zero-order valence-electron chi connectivity index (χ0n) is 14.1. The number of aryl methyl sites for hydroxylation is 1. The Morgan fingerprint density at radius 2 is 1.67 bits per heavy atom. The molecule has 2 aromatic carbocycles. The van der Waals surface area contributed by atoms with Crippen LogP contribution in [0.2, 0.25) is 0 Å². The molecule has 5 nitrogen and oxygen atoms in total. The number of para-hydroxylation sites is 1. The highest BCUT2D eigenvalue weighted by atomic mass is 16.2. The van der Waals surface area contributed by atoms with Gasteiger partial charge in [-0.25, -0.2) is 0 Å². The summed E-state index contributed by atoms with van der Waals surface area (Å²) in [6.45, 7) is 6.31. The summed E-state index contributed by atoms with van der Waals surface area (Å²) in [5, 5.41) is 2.90. The fourth-order valence-corrected chi connectivity index (χ4v) is 2.56. The Hall–Kier alpha value is -2.82. The number of rotatable bonds is 7. The highest BCUT2D eigenvalue weighted by Crippen LogP contribution is 2.18. The fourth-order valence-electron chi connectivity index (χ4n) is 2.56. The van der Waals surface area contributed by atoms with E-state index < -0.39 is 5.91 Å². The predicted molar refractivity (Wildman–Crippen MR) is 96.4 cm³/mol. The first kappa shape index (κ1) is 17.5. The fraction of sp³-hybridized carbons (Fsp3) is 0.263. The molecule has 2 rings (SSSR count). The summed E-state index contributed by atoms with van der Waals surface area (Å²) in [6, 6.07) is 14.5. The van der Waals surface area contributed by atoms with E-state index in [0.29, 0.717) is 17.7 Å². The summed E-state index contributed by atoms with van der Waals surface area (Å²) in [4.78, 5) is 25.4. The molecule has 0 bridgehead atoms. The Kier molecular flexibility index (Phi) is 5.95. The van der Waals surface area contributed by atoms with E-state index in [1.807, 2.05) is 12.1 Å². The van der Waals surface area contributed by atoms with Gasteiger partial charge in [0.1, 0.15) is 0 Å². The smallest absolute Gasteiger partial charge is 0.251 e. The van der Waals surface area contributed by atoms with E-state index in [1.165, 1.54) is 11.3 Å². The first-order valence-electron chi connectivity index (χ1n) is 8.01. The van der Waals surface area contributed by atoms with Gasteiger partial charge in [0, 0.05) is 36.4 Å².